The number of carbonyl (C=O) groups excluding carboxylic acids is 2. The lowest BCUT2D eigenvalue weighted by atomic mass is 9.70. The van der Waals surface area contributed by atoms with Crippen LogP contribution in [0, 0.1) is 23.7 Å². The minimum Gasteiger partial charge on any atom is -0.426 e. The molecule has 2 aliphatic carbocycles. The molecule has 0 heterocycles. The highest BCUT2D eigenvalue weighted by Gasteiger charge is 2.37. The van der Waals surface area contributed by atoms with Crippen LogP contribution in [0.3, 0.4) is 0 Å². The minimum atomic E-state index is -0.278. The number of esters is 1. The second-order valence-electron chi connectivity index (χ2n) is 8.21. The van der Waals surface area contributed by atoms with E-state index in [4.69, 9.17) is 10.5 Å². The number of hydrogen-bond acceptors (Lipinski definition) is 3. The Morgan fingerprint density at radius 1 is 1.20 bits per heavy atom. The van der Waals surface area contributed by atoms with Gasteiger partial charge in [0.05, 0.1) is 11.8 Å². The van der Waals surface area contributed by atoms with Crippen molar-refractivity contribution in [2.75, 3.05) is 0 Å². The van der Waals surface area contributed by atoms with Crippen molar-refractivity contribution in [2.45, 2.75) is 58.8 Å². The molecule has 3 rings (SSSR count). The molecule has 0 saturated heterocycles. The number of primary amides is 1. The van der Waals surface area contributed by atoms with Gasteiger partial charge in [0.15, 0.2) is 0 Å². The average molecular weight is 343 g/mol. The van der Waals surface area contributed by atoms with Crippen molar-refractivity contribution in [1.82, 2.24) is 0 Å². The Labute approximate surface area is 150 Å². The van der Waals surface area contributed by atoms with Crippen LogP contribution in [0.15, 0.2) is 18.2 Å². The number of amides is 1. The first-order valence-electron chi connectivity index (χ1n) is 9.50. The van der Waals surface area contributed by atoms with Gasteiger partial charge in [-0.05, 0) is 66.7 Å². The predicted octanol–water partition coefficient (Wildman–Crippen LogP) is 3.82. The molecule has 0 radical (unpaired) electrons. The van der Waals surface area contributed by atoms with Crippen LogP contribution in [0.2, 0.25) is 0 Å². The van der Waals surface area contributed by atoms with Crippen molar-refractivity contribution in [1.29, 1.82) is 0 Å². The summed E-state index contributed by atoms with van der Waals surface area (Å²) in [7, 11) is 0. The Kier molecular flexibility index (Phi) is 5.16. The standard InChI is InChI=1S/C21H29NO3/c1-12(2)16-7-4-13(3)10-19(16)21(24)25-15-6-9-17-14(11-15)5-8-18(17)20(22)23/h6,9,11-13,16,18-19H,4-5,7-8,10H2,1-3H3,(H2,22,23). The van der Waals surface area contributed by atoms with E-state index in [2.05, 4.69) is 20.8 Å². The van der Waals surface area contributed by atoms with Gasteiger partial charge in [-0.2, -0.15) is 0 Å². The number of rotatable bonds is 4. The molecule has 0 bridgehead atoms. The lowest BCUT2D eigenvalue weighted by Gasteiger charge is -2.35. The van der Waals surface area contributed by atoms with Gasteiger partial charge in [-0.15, -0.1) is 0 Å². The second-order valence-corrected chi connectivity index (χ2v) is 8.21. The third-order valence-corrected chi connectivity index (χ3v) is 6.08. The number of carbonyl (C=O) groups is 2. The van der Waals surface area contributed by atoms with Crippen LogP contribution in [0.5, 0.6) is 5.75 Å². The van der Waals surface area contributed by atoms with Crippen molar-refractivity contribution < 1.29 is 14.3 Å². The molecule has 1 aromatic carbocycles. The molecular formula is C21H29NO3. The molecule has 4 nitrogen and oxygen atoms in total. The molecular weight excluding hydrogens is 314 g/mol. The fraction of sp³-hybridized carbons (Fsp3) is 0.619. The quantitative estimate of drug-likeness (QED) is 0.667. The number of nitrogens with two attached hydrogens (primary N) is 1. The first kappa shape index (κ1) is 18.0. The molecule has 25 heavy (non-hydrogen) atoms. The highest BCUT2D eigenvalue weighted by Crippen LogP contribution is 2.39. The van der Waals surface area contributed by atoms with Crippen molar-refractivity contribution in [3.63, 3.8) is 0 Å². The zero-order valence-corrected chi connectivity index (χ0v) is 15.5. The maximum atomic E-state index is 12.8. The van der Waals surface area contributed by atoms with E-state index < -0.39 is 0 Å². The first-order valence-corrected chi connectivity index (χ1v) is 9.50. The smallest absolute Gasteiger partial charge is 0.314 e. The topological polar surface area (TPSA) is 69.4 Å². The van der Waals surface area contributed by atoms with Crippen LogP contribution in [-0.2, 0) is 16.0 Å². The summed E-state index contributed by atoms with van der Waals surface area (Å²) in [5.41, 5.74) is 7.52. The Balaban J connectivity index is 1.73. The normalized spacial score (nSPS) is 28.6. The Morgan fingerprint density at radius 2 is 1.96 bits per heavy atom. The zero-order valence-electron chi connectivity index (χ0n) is 15.5. The van der Waals surface area contributed by atoms with Gasteiger partial charge in [0.1, 0.15) is 5.75 Å². The lowest BCUT2D eigenvalue weighted by molar-refractivity contribution is -0.143. The summed E-state index contributed by atoms with van der Waals surface area (Å²) in [5, 5.41) is 0. The molecule has 0 aromatic heterocycles. The summed E-state index contributed by atoms with van der Waals surface area (Å²) in [6, 6.07) is 5.60. The number of aryl methyl sites for hydroxylation is 1. The SMILES string of the molecule is CC1CCC(C(C)C)C(C(=O)Oc2ccc3c(c2)CCC3C(N)=O)C1. The van der Waals surface area contributed by atoms with Gasteiger partial charge in [-0.3, -0.25) is 9.59 Å². The van der Waals surface area contributed by atoms with Crippen LogP contribution in [0.1, 0.15) is 63.5 Å². The van der Waals surface area contributed by atoms with Crippen LogP contribution >= 0.6 is 0 Å². The highest BCUT2D eigenvalue weighted by molar-refractivity contribution is 5.83. The van der Waals surface area contributed by atoms with Gasteiger partial charge in [-0.25, -0.2) is 0 Å². The molecule has 136 valence electrons. The molecule has 4 atom stereocenters. The first-order chi connectivity index (χ1) is 11.9. The number of fused-ring (bicyclic) bond motifs is 1. The molecule has 2 N–H and O–H groups in total. The van der Waals surface area contributed by atoms with E-state index in [0.29, 0.717) is 23.5 Å². The zero-order chi connectivity index (χ0) is 18.1. The van der Waals surface area contributed by atoms with E-state index in [9.17, 15) is 9.59 Å². The molecule has 2 aliphatic rings. The third kappa shape index (κ3) is 3.73. The molecule has 4 unspecified atom stereocenters. The van der Waals surface area contributed by atoms with Crippen molar-refractivity contribution in [2.24, 2.45) is 29.4 Å². The summed E-state index contributed by atoms with van der Waals surface area (Å²) in [6.07, 6.45) is 4.76. The maximum Gasteiger partial charge on any atom is 0.314 e. The molecule has 1 aromatic rings. The fourth-order valence-electron chi connectivity index (χ4n) is 4.62. The second kappa shape index (κ2) is 7.19. The van der Waals surface area contributed by atoms with E-state index >= 15 is 0 Å². The molecule has 4 heteroatoms. The summed E-state index contributed by atoms with van der Waals surface area (Å²) in [5.74, 6) is 1.45. The third-order valence-electron chi connectivity index (χ3n) is 6.08. The van der Waals surface area contributed by atoms with E-state index in [1.807, 2.05) is 12.1 Å². The van der Waals surface area contributed by atoms with Gasteiger partial charge in [0.2, 0.25) is 5.91 Å². The van der Waals surface area contributed by atoms with Gasteiger partial charge in [0, 0.05) is 0 Å². The summed E-state index contributed by atoms with van der Waals surface area (Å²) >= 11 is 0. The summed E-state index contributed by atoms with van der Waals surface area (Å²) in [6.45, 7) is 6.61. The van der Waals surface area contributed by atoms with Crippen LogP contribution in [0.25, 0.3) is 0 Å². The summed E-state index contributed by atoms with van der Waals surface area (Å²) in [4.78, 5) is 24.3. The molecule has 1 saturated carbocycles. The Hall–Kier alpha value is -1.84. The van der Waals surface area contributed by atoms with Gasteiger partial charge < -0.3 is 10.5 Å². The molecule has 0 aliphatic heterocycles. The van der Waals surface area contributed by atoms with Gasteiger partial charge in [0.25, 0.3) is 0 Å². The van der Waals surface area contributed by atoms with E-state index in [0.717, 1.165) is 36.8 Å². The van der Waals surface area contributed by atoms with E-state index in [1.165, 1.54) is 6.42 Å². The average Bonchev–Trinajstić information content (AvgIpc) is 2.97. The fourth-order valence-corrected chi connectivity index (χ4v) is 4.62. The minimum absolute atomic E-state index is 0.0182. The maximum absolute atomic E-state index is 12.8. The largest absolute Gasteiger partial charge is 0.426 e. The van der Waals surface area contributed by atoms with Crippen LogP contribution in [-0.4, -0.2) is 11.9 Å². The number of hydrogen-bond donors (Lipinski definition) is 1. The molecule has 1 fully saturated rings. The van der Waals surface area contributed by atoms with Crippen molar-refractivity contribution in [3.8, 4) is 5.75 Å². The molecule has 0 spiro atoms. The lowest BCUT2D eigenvalue weighted by Crippen LogP contribution is -2.35. The molecule has 1 amide bonds. The number of ether oxygens (including phenoxy) is 1. The van der Waals surface area contributed by atoms with E-state index in [-0.39, 0.29) is 23.7 Å². The predicted molar refractivity (Wildman–Crippen MR) is 97.2 cm³/mol. The Morgan fingerprint density at radius 3 is 2.64 bits per heavy atom. The van der Waals surface area contributed by atoms with Gasteiger partial charge in [-0.1, -0.05) is 33.3 Å². The van der Waals surface area contributed by atoms with E-state index in [1.54, 1.807) is 6.07 Å². The van der Waals surface area contributed by atoms with Crippen molar-refractivity contribution in [3.05, 3.63) is 29.3 Å². The Bertz CT molecular complexity index is 667. The van der Waals surface area contributed by atoms with Gasteiger partial charge >= 0.3 is 5.97 Å². The van der Waals surface area contributed by atoms with Crippen LogP contribution in [0.4, 0.5) is 0 Å². The monoisotopic (exact) mass is 343 g/mol. The number of benzene rings is 1. The van der Waals surface area contributed by atoms with Crippen LogP contribution < -0.4 is 10.5 Å². The van der Waals surface area contributed by atoms with Crippen molar-refractivity contribution >= 4 is 11.9 Å². The highest BCUT2D eigenvalue weighted by atomic mass is 16.5. The summed E-state index contributed by atoms with van der Waals surface area (Å²) < 4.78 is 5.75.